The molecule has 0 radical (unpaired) electrons. The van der Waals surface area contributed by atoms with Crippen LogP contribution in [0.1, 0.15) is 81.8 Å². The van der Waals surface area contributed by atoms with E-state index in [1.54, 1.807) is 6.07 Å². The third-order valence-corrected chi connectivity index (χ3v) is 8.00. The first-order valence-electron chi connectivity index (χ1n) is 12.5. The van der Waals surface area contributed by atoms with Crippen molar-refractivity contribution in [1.82, 2.24) is 0 Å². The Hall–Kier alpha value is -2.67. The minimum Gasteiger partial charge on any atom is -0.426 e. The summed E-state index contributed by atoms with van der Waals surface area (Å²) >= 11 is 0. The summed E-state index contributed by atoms with van der Waals surface area (Å²) < 4.78 is 19.2. The Bertz CT molecular complexity index is 967. The molecule has 0 aromatic heterocycles. The third kappa shape index (κ3) is 6.02. The highest BCUT2D eigenvalue weighted by Gasteiger charge is 2.34. The van der Waals surface area contributed by atoms with Gasteiger partial charge in [-0.25, -0.2) is 4.39 Å². The maximum absolute atomic E-state index is 13.8. The fourth-order valence-electron chi connectivity index (χ4n) is 5.99. The van der Waals surface area contributed by atoms with Crippen molar-refractivity contribution in [2.75, 3.05) is 0 Å². The Balaban J connectivity index is 1.20. The lowest BCUT2D eigenvalue weighted by atomic mass is 9.68. The molecule has 2 aliphatic rings. The Morgan fingerprint density at radius 1 is 1.00 bits per heavy atom. The summed E-state index contributed by atoms with van der Waals surface area (Å²) in [5, 5.41) is 8.83. The van der Waals surface area contributed by atoms with Crippen molar-refractivity contribution in [3.05, 3.63) is 65.5 Å². The van der Waals surface area contributed by atoms with Gasteiger partial charge in [0.15, 0.2) is 0 Å². The lowest BCUT2D eigenvalue weighted by Crippen LogP contribution is -2.30. The van der Waals surface area contributed by atoms with Crippen LogP contribution in [0.5, 0.6) is 5.75 Å². The molecular weight excluding hydrogens is 413 g/mol. The smallest absolute Gasteiger partial charge is 0.314 e. The highest BCUT2D eigenvalue weighted by atomic mass is 19.1. The number of ether oxygens (including phenoxy) is 1. The maximum Gasteiger partial charge on any atom is 0.314 e. The lowest BCUT2D eigenvalue weighted by Gasteiger charge is -2.38. The van der Waals surface area contributed by atoms with Gasteiger partial charge in [0.1, 0.15) is 17.6 Å². The molecule has 3 nitrogen and oxygen atoms in total. The number of nitrogens with zero attached hydrogens (tertiary/aromatic N) is 1. The van der Waals surface area contributed by atoms with Gasteiger partial charge in [0.25, 0.3) is 0 Å². The molecule has 0 amide bonds. The first-order valence-corrected chi connectivity index (χ1v) is 12.5. The second kappa shape index (κ2) is 11.0. The predicted octanol–water partition coefficient (Wildman–Crippen LogP) is 7.41. The highest BCUT2D eigenvalue weighted by molar-refractivity contribution is 5.75. The van der Waals surface area contributed by atoms with E-state index in [0.29, 0.717) is 11.8 Å². The Morgan fingerprint density at radius 3 is 2.24 bits per heavy atom. The average Bonchev–Trinajstić information content (AvgIpc) is 2.85. The van der Waals surface area contributed by atoms with E-state index in [9.17, 15) is 9.18 Å². The summed E-state index contributed by atoms with van der Waals surface area (Å²) in [5.41, 5.74) is 1.41. The second-order valence-corrected chi connectivity index (χ2v) is 10.1. The monoisotopic (exact) mass is 447 g/mol. The van der Waals surface area contributed by atoms with Gasteiger partial charge in [0, 0.05) is 6.07 Å². The molecule has 0 unspecified atom stereocenters. The van der Waals surface area contributed by atoms with Crippen molar-refractivity contribution in [2.24, 2.45) is 23.7 Å². The zero-order valence-corrected chi connectivity index (χ0v) is 19.5. The fourth-order valence-corrected chi connectivity index (χ4v) is 5.99. The number of carbonyl (C=O) groups excluding carboxylic acids is 1. The van der Waals surface area contributed by atoms with E-state index in [-0.39, 0.29) is 23.2 Å². The van der Waals surface area contributed by atoms with Gasteiger partial charge in [-0.15, -0.1) is 0 Å². The normalized spacial score (nSPS) is 26.2. The van der Waals surface area contributed by atoms with Gasteiger partial charge in [-0.3, -0.25) is 4.79 Å². The minimum atomic E-state index is -0.653. The molecule has 2 saturated carbocycles. The van der Waals surface area contributed by atoms with Crippen LogP contribution in [0.2, 0.25) is 0 Å². The number of carbonyl (C=O) groups is 1. The van der Waals surface area contributed by atoms with Crippen molar-refractivity contribution in [3.63, 3.8) is 0 Å². The average molecular weight is 448 g/mol. The minimum absolute atomic E-state index is 0.0421. The number of benzene rings is 2. The topological polar surface area (TPSA) is 50.1 Å². The van der Waals surface area contributed by atoms with Crippen LogP contribution in [-0.4, -0.2) is 5.97 Å². The van der Waals surface area contributed by atoms with Gasteiger partial charge in [-0.2, -0.15) is 5.26 Å². The van der Waals surface area contributed by atoms with E-state index in [4.69, 9.17) is 10.00 Å². The van der Waals surface area contributed by atoms with Crippen LogP contribution in [0.25, 0.3) is 0 Å². The highest BCUT2D eigenvalue weighted by Crippen LogP contribution is 2.43. The SMILES string of the molecule is C[C@H](CC1CCC(C2CCC(C(=O)Oc3ccc(C#N)c(F)c3)CC2)CC1)c1ccccc1. The molecule has 0 bridgehead atoms. The molecule has 0 spiro atoms. The van der Waals surface area contributed by atoms with E-state index in [0.717, 1.165) is 43.6 Å². The quantitative estimate of drug-likeness (QED) is 0.342. The molecule has 0 saturated heterocycles. The summed E-state index contributed by atoms with van der Waals surface area (Å²) in [5.74, 6) is 2.11. The summed E-state index contributed by atoms with van der Waals surface area (Å²) in [7, 11) is 0. The largest absolute Gasteiger partial charge is 0.426 e. The zero-order valence-electron chi connectivity index (χ0n) is 19.5. The first-order chi connectivity index (χ1) is 16.0. The van der Waals surface area contributed by atoms with Crippen molar-refractivity contribution in [1.29, 1.82) is 5.26 Å². The van der Waals surface area contributed by atoms with Crippen LogP contribution < -0.4 is 4.74 Å². The Labute approximate surface area is 197 Å². The zero-order chi connectivity index (χ0) is 23.2. The maximum atomic E-state index is 13.8. The number of rotatable bonds is 6. The van der Waals surface area contributed by atoms with Gasteiger partial charge >= 0.3 is 5.97 Å². The van der Waals surface area contributed by atoms with E-state index in [1.807, 2.05) is 0 Å². The van der Waals surface area contributed by atoms with Crippen LogP contribution in [-0.2, 0) is 4.79 Å². The molecule has 2 fully saturated rings. The van der Waals surface area contributed by atoms with E-state index in [2.05, 4.69) is 37.3 Å². The summed E-state index contributed by atoms with van der Waals surface area (Å²) in [6, 6.07) is 16.6. The molecule has 33 heavy (non-hydrogen) atoms. The third-order valence-electron chi connectivity index (χ3n) is 8.00. The van der Waals surface area contributed by atoms with Crippen molar-refractivity contribution in [3.8, 4) is 11.8 Å². The standard InChI is InChI=1S/C29H34FNO2/c1-20(22-5-3-2-4-6-22)17-21-7-9-23(10-8-21)24-11-13-25(14-12-24)29(32)33-27-16-15-26(19-31)28(30)18-27/h2-6,15-16,18,20-21,23-25H,7-14,17H2,1H3/t20-,21?,23?,24?,25?/m1/s1. The second-order valence-electron chi connectivity index (χ2n) is 10.1. The van der Waals surface area contributed by atoms with Gasteiger partial charge < -0.3 is 4.74 Å². The first kappa shape index (κ1) is 23.5. The molecule has 0 heterocycles. The van der Waals surface area contributed by atoms with Gasteiger partial charge in [0.05, 0.1) is 11.5 Å². The molecule has 1 atom stereocenters. The van der Waals surface area contributed by atoms with Crippen LogP contribution in [0.4, 0.5) is 4.39 Å². The summed E-state index contributed by atoms with van der Waals surface area (Å²) in [4.78, 5) is 12.6. The van der Waals surface area contributed by atoms with Gasteiger partial charge in [-0.05, 0) is 86.3 Å². The van der Waals surface area contributed by atoms with Crippen LogP contribution >= 0.6 is 0 Å². The number of halogens is 1. The molecule has 4 heteroatoms. The molecule has 2 aromatic carbocycles. The van der Waals surface area contributed by atoms with Gasteiger partial charge in [0.2, 0.25) is 0 Å². The predicted molar refractivity (Wildman–Crippen MR) is 127 cm³/mol. The summed E-state index contributed by atoms with van der Waals surface area (Å²) in [6.07, 6.45) is 10.4. The van der Waals surface area contributed by atoms with Crippen LogP contribution in [0, 0.1) is 40.8 Å². The molecule has 2 aromatic rings. The van der Waals surface area contributed by atoms with Crippen molar-refractivity contribution in [2.45, 2.75) is 70.6 Å². The molecule has 0 aliphatic heterocycles. The molecule has 2 aliphatic carbocycles. The number of nitriles is 1. The van der Waals surface area contributed by atoms with Crippen LogP contribution in [0.3, 0.4) is 0 Å². The molecule has 0 N–H and O–H groups in total. The van der Waals surface area contributed by atoms with Crippen molar-refractivity contribution < 1.29 is 13.9 Å². The van der Waals surface area contributed by atoms with Gasteiger partial charge in [-0.1, -0.05) is 50.1 Å². The number of esters is 1. The fraction of sp³-hybridized carbons (Fsp3) is 0.517. The lowest BCUT2D eigenvalue weighted by molar-refractivity contribution is -0.140. The van der Waals surface area contributed by atoms with E-state index in [1.165, 1.54) is 49.8 Å². The number of hydrogen-bond acceptors (Lipinski definition) is 3. The molecule has 174 valence electrons. The number of hydrogen-bond donors (Lipinski definition) is 0. The van der Waals surface area contributed by atoms with E-state index < -0.39 is 5.82 Å². The van der Waals surface area contributed by atoms with E-state index >= 15 is 0 Å². The Morgan fingerprint density at radius 2 is 1.64 bits per heavy atom. The summed E-state index contributed by atoms with van der Waals surface area (Å²) in [6.45, 7) is 2.36. The Kier molecular flexibility index (Phi) is 7.81. The molecular formula is C29H34FNO2. The van der Waals surface area contributed by atoms with Crippen LogP contribution in [0.15, 0.2) is 48.5 Å². The molecule has 4 rings (SSSR count). The van der Waals surface area contributed by atoms with Crippen molar-refractivity contribution >= 4 is 5.97 Å².